The molecule has 0 spiro atoms. The minimum atomic E-state index is 0.529. The number of hydrogen-bond acceptors (Lipinski definition) is 6. The van der Waals surface area contributed by atoms with E-state index >= 15 is 0 Å². The van der Waals surface area contributed by atoms with Crippen LogP contribution < -0.4 is 0 Å². The molecule has 53 heavy (non-hydrogen) atoms. The Hall–Kier alpha value is -7.31. The van der Waals surface area contributed by atoms with Gasteiger partial charge < -0.3 is 4.42 Å². The number of furan rings is 1. The zero-order valence-corrected chi connectivity index (χ0v) is 28.4. The summed E-state index contributed by atoms with van der Waals surface area (Å²) in [6.07, 6.45) is 3.45. The van der Waals surface area contributed by atoms with E-state index in [2.05, 4.69) is 137 Å². The van der Waals surface area contributed by atoms with Crippen LogP contribution in [0.15, 0.2) is 181 Å². The maximum Gasteiger partial charge on any atom is 0.229 e. The third-order valence-electron chi connectivity index (χ3n) is 9.69. The van der Waals surface area contributed by atoms with Gasteiger partial charge in [-0.1, -0.05) is 146 Å². The molecule has 0 unspecified atom stereocenters. The molecule has 0 amide bonds. The molecule has 0 N–H and O–H groups in total. The lowest BCUT2D eigenvalue weighted by molar-refractivity contribution is 0.652. The Kier molecular flexibility index (Phi) is 7.36. The van der Waals surface area contributed by atoms with Crippen molar-refractivity contribution in [2.24, 2.45) is 0 Å². The SMILES string of the molecule is c1ccc(-c2ccc(-c3cc(-c4ccc(-c5ncnc6c5oc5ncc(-c7ccc8ccccc8c7)cc56)cc4)nc(-c4ccccc4)n3)cc2)cc1. The second-order valence-corrected chi connectivity index (χ2v) is 13.0. The summed E-state index contributed by atoms with van der Waals surface area (Å²) in [5, 5.41) is 3.24. The number of aromatic nitrogens is 5. The van der Waals surface area contributed by atoms with Gasteiger partial charge in [-0.05, 0) is 45.7 Å². The van der Waals surface area contributed by atoms with Gasteiger partial charge in [0.05, 0.1) is 16.8 Å². The van der Waals surface area contributed by atoms with Crippen LogP contribution in [0, 0.1) is 0 Å². The molecule has 4 heterocycles. The molecule has 6 aromatic carbocycles. The average molecular weight is 680 g/mol. The molecule has 0 saturated heterocycles. The van der Waals surface area contributed by atoms with Crippen molar-refractivity contribution in [3.8, 4) is 67.4 Å². The summed E-state index contributed by atoms with van der Waals surface area (Å²) in [6.45, 7) is 0. The fraction of sp³-hybridized carbons (Fsp3) is 0. The highest BCUT2D eigenvalue weighted by Crippen LogP contribution is 2.36. The molecule has 0 aliphatic heterocycles. The van der Waals surface area contributed by atoms with Crippen LogP contribution in [0.4, 0.5) is 0 Å². The minimum Gasteiger partial charge on any atom is -0.434 e. The maximum atomic E-state index is 6.32. The first-order valence-corrected chi connectivity index (χ1v) is 17.5. The number of rotatable bonds is 6. The standard InChI is InChI=1S/C47H29N5O/c1-3-9-30(10-4-1)32-15-18-33(19-16-32)41-27-42(52-46(51-41)36-12-5-2-6-13-36)34-20-22-35(23-21-34)43-45-44(50-29-49-43)40-26-39(28-48-47(40)53-45)38-24-17-31-11-7-8-14-37(31)25-38/h1-29H. The first-order valence-electron chi connectivity index (χ1n) is 17.5. The lowest BCUT2D eigenvalue weighted by Gasteiger charge is -2.10. The highest BCUT2D eigenvalue weighted by atomic mass is 16.3. The lowest BCUT2D eigenvalue weighted by Crippen LogP contribution is -1.96. The van der Waals surface area contributed by atoms with Crippen molar-refractivity contribution in [1.82, 2.24) is 24.9 Å². The fourth-order valence-corrected chi connectivity index (χ4v) is 6.92. The molecule has 0 radical (unpaired) electrons. The van der Waals surface area contributed by atoms with Crippen LogP contribution in [0.1, 0.15) is 0 Å². The summed E-state index contributed by atoms with van der Waals surface area (Å²) in [5.74, 6) is 0.671. The van der Waals surface area contributed by atoms with Gasteiger partial charge in [-0.15, -0.1) is 0 Å². The predicted octanol–water partition coefficient (Wildman–Crippen LogP) is 11.7. The smallest absolute Gasteiger partial charge is 0.229 e. The number of nitrogens with zero attached hydrogens (tertiary/aromatic N) is 5. The molecule has 6 heteroatoms. The minimum absolute atomic E-state index is 0.529. The van der Waals surface area contributed by atoms with Gasteiger partial charge in [-0.3, -0.25) is 0 Å². The topological polar surface area (TPSA) is 77.6 Å². The Balaban J connectivity index is 1.01. The molecule has 0 bridgehead atoms. The number of fused-ring (bicyclic) bond motifs is 4. The first kappa shape index (κ1) is 30.5. The van der Waals surface area contributed by atoms with Crippen molar-refractivity contribution in [2.45, 2.75) is 0 Å². The van der Waals surface area contributed by atoms with Gasteiger partial charge in [-0.25, -0.2) is 24.9 Å². The highest BCUT2D eigenvalue weighted by molar-refractivity contribution is 6.06. The number of hydrogen-bond donors (Lipinski definition) is 0. The van der Waals surface area contributed by atoms with Crippen LogP contribution >= 0.6 is 0 Å². The van der Waals surface area contributed by atoms with Gasteiger partial charge in [0, 0.05) is 34.0 Å². The van der Waals surface area contributed by atoms with Gasteiger partial charge in [-0.2, -0.15) is 0 Å². The Morgan fingerprint density at radius 3 is 1.70 bits per heavy atom. The Morgan fingerprint density at radius 2 is 0.981 bits per heavy atom. The van der Waals surface area contributed by atoms with E-state index in [1.807, 2.05) is 42.6 Å². The number of benzene rings is 6. The molecule has 10 rings (SSSR count). The van der Waals surface area contributed by atoms with E-state index in [0.717, 1.165) is 61.2 Å². The third kappa shape index (κ3) is 5.69. The normalized spacial score (nSPS) is 11.4. The highest BCUT2D eigenvalue weighted by Gasteiger charge is 2.18. The van der Waals surface area contributed by atoms with E-state index in [0.29, 0.717) is 22.8 Å². The largest absolute Gasteiger partial charge is 0.434 e. The van der Waals surface area contributed by atoms with E-state index in [1.54, 1.807) is 6.33 Å². The van der Waals surface area contributed by atoms with Crippen molar-refractivity contribution in [3.63, 3.8) is 0 Å². The van der Waals surface area contributed by atoms with Gasteiger partial charge >= 0.3 is 0 Å². The second kappa shape index (κ2) is 12.8. The van der Waals surface area contributed by atoms with Crippen LogP contribution in [-0.2, 0) is 0 Å². The molecular weight excluding hydrogens is 651 g/mol. The predicted molar refractivity (Wildman–Crippen MR) is 213 cm³/mol. The molecule has 0 aliphatic carbocycles. The van der Waals surface area contributed by atoms with Crippen molar-refractivity contribution in [1.29, 1.82) is 0 Å². The van der Waals surface area contributed by atoms with Crippen molar-refractivity contribution in [2.75, 3.05) is 0 Å². The van der Waals surface area contributed by atoms with Gasteiger partial charge in [0.25, 0.3) is 0 Å². The monoisotopic (exact) mass is 679 g/mol. The van der Waals surface area contributed by atoms with Gasteiger partial charge in [0.15, 0.2) is 11.4 Å². The molecule has 10 aromatic rings. The van der Waals surface area contributed by atoms with Crippen LogP contribution in [0.3, 0.4) is 0 Å². The molecule has 0 saturated carbocycles. The quantitative estimate of drug-likeness (QED) is 0.174. The van der Waals surface area contributed by atoms with E-state index in [-0.39, 0.29) is 0 Å². The van der Waals surface area contributed by atoms with Crippen LogP contribution in [-0.4, -0.2) is 24.9 Å². The summed E-state index contributed by atoms with van der Waals surface area (Å²) < 4.78 is 6.32. The van der Waals surface area contributed by atoms with E-state index in [1.165, 1.54) is 16.3 Å². The van der Waals surface area contributed by atoms with Crippen molar-refractivity contribution in [3.05, 3.63) is 176 Å². The summed E-state index contributed by atoms with van der Waals surface area (Å²) in [4.78, 5) is 24.1. The molecule has 4 aromatic heterocycles. The zero-order valence-electron chi connectivity index (χ0n) is 28.4. The lowest BCUT2D eigenvalue weighted by atomic mass is 10.0. The van der Waals surface area contributed by atoms with Crippen LogP contribution in [0.2, 0.25) is 0 Å². The van der Waals surface area contributed by atoms with Gasteiger partial charge in [0.1, 0.15) is 17.5 Å². The Bertz CT molecular complexity index is 2920. The van der Waals surface area contributed by atoms with E-state index in [9.17, 15) is 0 Å². The Morgan fingerprint density at radius 1 is 0.396 bits per heavy atom. The maximum absolute atomic E-state index is 6.32. The summed E-state index contributed by atoms with van der Waals surface area (Å²) in [7, 11) is 0. The molecule has 0 aliphatic rings. The van der Waals surface area contributed by atoms with Crippen LogP contribution in [0.25, 0.3) is 100 Å². The first-order chi connectivity index (χ1) is 26.2. The molecule has 0 fully saturated rings. The zero-order chi connectivity index (χ0) is 35.1. The number of pyridine rings is 1. The third-order valence-corrected chi connectivity index (χ3v) is 9.69. The summed E-state index contributed by atoms with van der Waals surface area (Å²) in [6, 6.07) is 56.2. The van der Waals surface area contributed by atoms with Gasteiger partial charge in [0.2, 0.25) is 5.71 Å². The van der Waals surface area contributed by atoms with Crippen molar-refractivity contribution < 1.29 is 4.42 Å². The molecular formula is C47H29N5O. The fourth-order valence-electron chi connectivity index (χ4n) is 6.92. The van der Waals surface area contributed by atoms with Crippen LogP contribution in [0.5, 0.6) is 0 Å². The molecule has 6 nitrogen and oxygen atoms in total. The summed E-state index contributed by atoms with van der Waals surface area (Å²) in [5.41, 5.74) is 12.5. The second-order valence-electron chi connectivity index (χ2n) is 13.0. The van der Waals surface area contributed by atoms with E-state index in [4.69, 9.17) is 19.4 Å². The molecule has 248 valence electrons. The Labute approximate surface area is 305 Å². The molecule has 0 atom stereocenters. The van der Waals surface area contributed by atoms with Crippen molar-refractivity contribution >= 4 is 33.0 Å². The average Bonchev–Trinajstić information content (AvgIpc) is 3.62. The summed E-state index contributed by atoms with van der Waals surface area (Å²) >= 11 is 0. The van der Waals surface area contributed by atoms with E-state index < -0.39 is 0 Å².